The van der Waals surface area contributed by atoms with Crippen molar-refractivity contribution in [2.75, 3.05) is 11.9 Å². The second kappa shape index (κ2) is 10.8. The van der Waals surface area contributed by atoms with E-state index in [-0.39, 0.29) is 24.8 Å². The molecule has 3 aromatic carbocycles. The summed E-state index contributed by atoms with van der Waals surface area (Å²) in [7, 11) is 0. The Morgan fingerprint density at radius 3 is 2.38 bits per heavy atom. The highest BCUT2D eigenvalue weighted by molar-refractivity contribution is 6.32. The third-order valence-corrected chi connectivity index (χ3v) is 5.51. The molecule has 2 N–H and O–H groups in total. The lowest BCUT2D eigenvalue weighted by Crippen LogP contribution is -2.27. The average Bonchev–Trinajstić information content (AvgIpc) is 2.79. The Hall–Kier alpha value is -3.33. The van der Waals surface area contributed by atoms with Crippen molar-refractivity contribution in [3.8, 4) is 6.07 Å². The van der Waals surface area contributed by atoms with E-state index in [1.165, 1.54) is 0 Å². The van der Waals surface area contributed by atoms with E-state index in [4.69, 9.17) is 23.2 Å². The van der Waals surface area contributed by atoms with Gasteiger partial charge in [0.05, 0.1) is 12.0 Å². The number of aryl methyl sites for hydroxylation is 1. The van der Waals surface area contributed by atoms with Crippen molar-refractivity contribution in [1.29, 1.82) is 5.26 Å². The van der Waals surface area contributed by atoms with Gasteiger partial charge in [0, 0.05) is 34.3 Å². The number of halogens is 2. The van der Waals surface area contributed by atoms with Crippen molar-refractivity contribution < 1.29 is 9.59 Å². The van der Waals surface area contributed by atoms with E-state index < -0.39 is 5.92 Å². The highest BCUT2D eigenvalue weighted by Gasteiger charge is 2.19. The van der Waals surface area contributed by atoms with Crippen LogP contribution in [0.15, 0.2) is 66.7 Å². The lowest BCUT2D eigenvalue weighted by Gasteiger charge is -2.16. The number of rotatable bonds is 7. The molecule has 7 heteroatoms. The minimum Gasteiger partial charge on any atom is -0.352 e. The van der Waals surface area contributed by atoms with E-state index in [0.717, 1.165) is 11.1 Å². The van der Waals surface area contributed by atoms with Crippen LogP contribution in [-0.2, 0) is 4.79 Å². The minimum atomic E-state index is -0.559. The molecule has 2 amide bonds. The summed E-state index contributed by atoms with van der Waals surface area (Å²) in [4.78, 5) is 24.4. The lowest BCUT2D eigenvalue weighted by molar-refractivity contribution is -0.116. The number of nitrogens with zero attached hydrogens (tertiary/aromatic N) is 1. The molecule has 1 unspecified atom stereocenters. The summed E-state index contributed by atoms with van der Waals surface area (Å²) in [5, 5.41) is 16.2. The third kappa shape index (κ3) is 5.88. The van der Waals surface area contributed by atoms with Gasteiger partial charge in [-0.2, -0.15) is 5.26 Å². The fourth-order valence-corrected chi connectivity index (χ4v) is 3.63. The molecule has 0 saturated carbocycles. The Kier molecular flexibility index (Phi) is 7.88. The Balaban J connectivity index is 1.64. The molecular formula is C25H21Cl2N3O2. The number of carbonyl (C=O) groups is 2. The summed E-state index contributed by atoms with van der Waals surface area (Å²) in [6, 6.07) is 21.6. The first kappa shape index (κ1) is 23.3. The van der Waals surface area contributed by atoms with E-state index in [1.807, 2.05) is 13.0 Å². The summed E-state index contributed by atoms with van der Waals surface area (Å²) in [5.74, 6) is -1.04. The maximum absolute atomic E-state index is 12.4. The molecule has 0 saturated heterocycles. The molecule has 0 aliphatic heterocycles. The standard InChI is InChI=1S/C25H21Cl2N3O2/c1-16-13-20(21(15-28)17-7-9-19(26)10-8-17)22(27)14-23(16)30-24(31)11-12-29-25(32)18-5-3-2-4-6-18/h2-10,13-14,21H,11-12H2,1H3,(H,29,32)(H,30,31). The van der Waals surface area contributed by atoms with Crippen molar-refractivity contribution in [3.63, 3.8) is 0 Å². The molecule has 0 fully saturated rings. The van der Waals surface area contributed by atoms with E-state index in [9.17, 15) is 14.9 Å². The summed E-state index contributed by atoms with van der Waals surface area (Å²) in [5.41, 5.74) is 3.32. The highest BCUT2D eigenvalue weighted by Crippen LogP contribution is 2.34. The van der Waals surface area contributed by atoms with Crippen molar-refractivity contribution in [2.24, 2.45) is 0 Å². The topological polar surface area (TPSA) is 82.0 Å². The van der Waals surface area contributed by atoms with Gasteiger partial charge in [-0.25, -0.2) is 0 Å². The van der Waals surface area contributed by atoms with Gasteiger partial charge in [-0.15, -0.1) is 0 Å². The monoisotopic (exact) mass is 465 g/mol. The van der Waals surface area contributed by atoms with Gasteiger partial charge in [0.25, 0.3) is 5.91 Å². The second-order valence-corrected chi connectivity index (χ2v) is 8.07. The molecule has 32 heavy (non-hydrogen) atoms. The number of carbonyl (C=O) groups excluding carboxylic acids is 2. The normalized spacial score (nSPS) is 11.3. The number of amides is 2. The van der Waals surface area contributed by atoms with E-state index >= 15 is 0 Å². The SMILES string of the molecule is Cc1cc(C(C#N)c2ccc(Cl)cc2)c(Cl)cc1NC(=O)CCNC(=O)c1ccccc1. The van der Waals surface area contributed by atoms with Gasteiger partial charge >= 0.3 is 0 Å². The van der Waals surface area contributed by atoms with E-state index in [2.05, 4.69) is 16.7 Å². The van der Waals surface area contributed by atoms with Crippen LogP contribution in [0, 0.1) is 18.3 Å². The number of anilines is 1. The zero-order valence-electron chi connectivity index (χ0n) is 17.4. The largest absolute Gasteiger partial charge is 0.352 e. The number of hydrogen-bond acceptors (Lipinski definition) is 3. The Morgan fingerprint density at radius 1 is 1.03 bits per heavy atom. The summed E-state index contributed by atoms with van der Waals surface area (Å²) < 4.78 is 0. The molecule has 0 aliphatic rings. The Morgan fingerprint density at radius 2 is 1.72 bits per heavy atom. The summed E-state index contributed by atoms with van der Waals surface area (Å²) in [6.45, 7) is 2.04. The molecule has 162 valence electrons. The first-order valence-electron chi connectivity index (χ1n) is 9.97. The zero-order valence-corrected chi connectivity index (χ0v) is 18.9. The number of nitrogens with one attached hydrogen (secondary N) is 2. The Bertz CT molecular complexity index is 1160. The first-order chi connectivity index (χ1) is 15.4. The quantitative estimate of drug-likeness (QED) is 0.468. The molecule has 1 atom stereocenters. The third-order valence-electron chi connectivity index (χ3n) is 4.93. The van der Waals surface area contributed by atoms with Crippen molar-refractivity contribution >= 4 is 40.7 Å². The molecule has 0 heterocycles. The fraction of sp³-hybridized carbons (Fsp3) is 0.160. The molecule has 0 bridgehead atoms. The highest BCUT2D eigenvalue weighted by atomic mass is 35.5. The Labute approximate surface area is 197 Å². The van der Waals surface area contributed by atoms with Crippen LogP contribution in [0.4, 0.5) is 5.69 Å². The molecule has 0 aromatic heterocycles. The summed E-state index contributed by atoms with van der Waals surface area (Å²) >= 11 is 12.4. The van der Waals surface area contributed by atoms with Crippen LogP contribution in [0.1, 0.15) is 39.4 Å². The number of hydrogen-bond donors (Lipinski definition) is 2. The van der Waals surface area contributed by atoms with Crippen LogP contribution in [0.3, 0.4) is 0 Å². The zero-order chi connectivity index (χ0) is 23.1. The van der Waals surface area contributed by atoms with Gasteiger partial charge in [-0.1, -0.05) is 59.6 Å². The van der Waals surface area contributed by atoms with E-state index in [0.29, 0.717) is 26.9 Å². The second-order valence-electron chi connectivity index (χ2n) is 7.22. The van der Waals surface area contributed by atoms with E-state index in [1.54, 1.807) is 60.7 Å². The van der Waals surface area contributed by atoms with Crippen LogP contribution in [-0.4, -0.2) is 18.4 Å². The smallest absolute Gasteiger partial charge is 0.251 e. The van der Waals surface area contributed by atoms with Crippen molar-refractivity contribution in [3.05, 3.63) is 99.0 Å². The van der Waals surface area contributed by atoms with Gasteiger partial charge < -0.3 is 10.6 Å². The number of benzene rings is 3. The molecule has 0 aliphatic carbocycles. The molecule has 3 rings (SSSR count). The molecule has 0 radical (unpaired) electrons. The van der Waals surface area contributed by atoms with Crippen LogP contribution in [0.5, 0.6) is 0 Å². The molecule has 3 aromatic rings. The van der Waals surface area contributed by atoms with Gasteiger partial charge in [-0.3, -0.25) is 9.59 Å². The predicted octanol–water partition coefficient (Wildman–Crippen LogP) is 5.72. The minimum absolute atomic E-state index is 0.114. The number of nitriles is 1. The molecule has 0 spiro atoms. The maximum atomic E-state index is 12.4. The van der Waals surface area contributed by atoms with Gasteiger partial charge in [0.15, 0.2) is 0 Å². The van der Waals surface area contributed by atoms with Crippen LogP contribution in [0.25, 0.3) is 0 Å². The fourth-order valence-electron chi connectivity index (χ4n) is 3.23. The lowest BCUT2D eigenvalue weighted by atomic mass is 9.91. The van der Waals surface area contributed by atoms with Crippen LogP contribution in [0.2, 0.25) is 10.0 Å². The average molecular weight is 466 g/mol. The predicted molar refractivity (Wildman–Crippen MR) is 127 cm³/mol. The van der Waals surface area contributed by atoms with Crippen LogP contribution >= 0.6 is 23.2 Å². The van der Waals surface area contributed by atoms with Gasteiger partial charge in [0.2, 0.25) is 5.91 Å². The van der Waals surface area contributed by atoms with Gasteiger partial charge in [-0.05, 0) is 53.9 Å². The first-order valence-corrected chi connectivity index (χ1v) is 10.7. The van der Waals surface area contributed by atoms with Crippen molar-refractivity contribution in [2.45, 2.75) is 19.3 Å². The summed E-state index contributed by atoms with van der Waals surface area (Å²) in [6.07, 6.45) is 0.114. The van der Waals surface area contributed by atoms with Crippen molar-refractivity contribution in [1.82, 2.24) is 5.32 Å². The van der Waals surface area contributed by atoms with Gasteiger partial charge in [0.1, 0.15) is 0 Å². The molecular weight excluding hydrogens is 445 g/mol. The maximum Gasteiger partial charge on any atom is 0.251 e. The van der Waals surface area contributed by atoms with Crippen LogP contribution < -0.4 is 10.6 Å². The molecule has 5 nitrogen and oxygen atoms in total.